The summed E-state index contributed by atoms with van der Waals surface area (Å²) < 4.78 is 32.6. The molecule has 0 atom stereocenters. The highest BCUT2D eigenvalue weighted by Gasteiger charge is 2.18. The summed E-state index contributed by atoms with van der Waals surface area (Å²) in [7, 11) is -1.93. The van der Waals surface area contributed by atoms with Crippen molar-refractivity contribution in [2.24, 2.45) is 5.73 Å². The molecule has 19 heavy (non-hydrogen) atoms. The zero-order valence-corrected chi connectivity index (χ0v) is 13.5. The Bertz CT molecular complexity index is 532. The summed E-state index contributed by atoms with van der Waals surface area (Å²) in [5.74, 6) is 0. The highest BCUT2D eigenvalue weighted by molar-refractivity contribution is 9.10. The first-order valence-corrected chi connectivity index (χ1v) is 8.17. The Morgan fingerprint density at radius 2 is 2.11 bits per heavy atom. The first-order chi connectivity index (χ1) is 8.92. The molecule has 0 aliphatic rings. The molecule has 1 aromatic carbocycles. The zero-order valence-electron chi connectivity index (χ0n) is 11.1. The van der Waals surface area contributed by atoms with Gasteiger partial charge in [0.1, 0.15) is 0 Å². The van der Waals surface area contributed by atoms with Crippen molar-refractivity contribution in [1.82, 2.24) is 4.72 Å². The molecule has 0 amide bonds. The number of methoxy groups -OCH3 is 1. The molecule has 1 aromatic rings. The average Bonchev–Trinajstić information content (AvgIpc) is 2.37. The zero-order chi connectivity index (χ0) is 14.5. The number of nitrogens with one attached hydrogen (secondary N) is 1. The molecule has 0 aromatic heterocycles. The largest absolute Gasteiger partial charge is 0.385 e. The van der Waals surface area contributed by atoms with E-state index in [1.807, 2.05) is 6.07 Å². The number of sulfonamides is 1. The Morgan fingerprint density at radius 1 is 1.42 bits per heavy atom. The summed E-state index contributed by atoms with van der Waals surface area (Å²) in [6.07, 6.45) is 0.631. The van der Waals surface area contributed by atoms with Gasteiger partial charge in [-0.05, 0) is 36.6 Å². The maximum absolute atomic E-state index is 12.2. The van der Waals surface area contributed by atoms with Crippen molar-refractivity contribution in [3.63, 3.8) is 0 Å². The maximum Gasteiger partial charge on any atom is 0.240 e. The Labute approximate surface area is 122 Å². The average molecular weight is 351 g/mol. The quantitative estimate of drug-likeness (QED) is 0.730. The van der Waals surface area contributed by atoms with Gasteiger partial charge in [-0.15, -0.1) is 0 Å². The minimum atomic E-state index is -3.52. The summed E-state index contributed by atoms with van der Waals surface area (Å²) in [6.45, 7) is 2.92. The van der Waals surface area contributed by atoms with Crippen LogP contribution in [0, 0.1) is 6.92 Å². The molecule has 3 N–H and O–H groups in total. The molecule has 0 aliphatic heterocycles. The Hall–Kier alpha value is -0.470. The van der Waals surface area contributed by atoms with Crippen LogP contribution in [-0.4, -0.2) is 28.7 Å². The molecule has 0 unspecified atom stereocenters. The van der Waals surface area contributed by atoms with Gasteiger partial charge in [0, 0.05) is 31.3 Å². The molecule has 0 saturated carbocycles. The molecule has 7 heteroatoms. The van der Waals surface area contributed by atoms with Gasteiger partial charge < -0.3 is 10.5 Å². The SMILES string of the molecule is COCCCNS(=O)(=O)c1cc(CN)cc(Br)c1C. The summed E-state index contributed by atoms with van der Waals surface area (Å²) in [4.78, 5) is 0.264. The second-order valence-electron chi connectivity index (χ2n) is 4.15. The van der Waals surface area contributed by atoms with E-state index < -0.39 is 10.0 Å². The van der Waals surface area contributed by atoms with Crippen LogP contribution < -0.4 is 10.5 Å². The van der Waals surface area contributed by atoms with E-state index in [-0.39, 0.29) is 4.90 Å². The van der Waals surface area contributed by atoms with E-state index >= 15 is 0 Å². The van der Waals surface area contributed by atoms with Crippen LogP contribution in [0.2, 0.25) is 0 Å². The van der Waals surface area contributed by atoms with Crippen molar-refractivity contribution in [3.8, 4) is 0 Å². The third-order valence-corrected chi connectivity index (χ3v) is 5.11. The lowest BCUT2D eigenvalue weighted by atomic mass is 10.1. The number of hydrogen-bond donors (Lipinski definition) is 2. The van der Waals surface area contributed by atoms with Crippen LogP contribution in [0.15, 0.2) is 21.5 Å². The van der Waals surface area contributed by atoms with Crippen LogP contribution in [0.1, 0.15) is 17.5 Å². The van der Waals surface area contributed by atoms with Crippen molar-refractivity contribution in [3.05, 3.63) is 27.7 Å². The molecule has 0 saturated heterocycles. The molecule has 0 bridgehead atoms. The number of benzene rings is 1. The summed E-state index contributed by atoms with van der Waals surface area (Å²) in [5.41, 5.74) is 7.02. The number of rotatable bonds is 7. The first kappa shape index (κ1) is 16.6. The fourth-order valence-corrected chi connectivity index (χ4v) is 3.63. The lowest BCUT2D eigenvalue weighted by Crippen LogP contribution is -2.26. The lowest BCUT2D eigenvalue weighted by molar-refractivity contribution is 0.196. The van der Waals surface area contributed by atoms with E-state index in [0.29, 0.717) is 31.7 Å². The Morgan fingerprint density at radius 3 is 2.68 bits per heavy atom. The first-order valence-electron chi connectivity index (χ1n) is 5.90. The number of halogens is 1. The molecular formula is C12H19BrN2O3S. The second-order valence-corrected chi connectivity index (χ2v) is 6.74. The van der Waals surface area contributed by atoms with Gasteiger partial charge in [-0.25, -0.2) is 13.1 Å². The van der Waals surface area contributed by atoms with Gasteiger partial charge in [0.15, 0.2) is 0 Å². The molecule has 0 spiro atoms. The number of hydrogen-bond acceptors (Lipinski definition) is 4. The van der Waals surface area contributed by atoms with Gasteiger partial charge in [0.25, 0.3) is 0 Å². The van der Waals surface area contributed by atoms with E-state index in [2.05, 4.69) is 20.7 Å². The normalized spacial score (nSPS) is 11.8. The van der Waals surface area contributed by atoms with Crippen molar-refractivity contribution >= 4 is 26.0 Å². The van der Waals surface area contributed by atoms with E-state index in [4.69, 9.17) is 10.5 Å². The van der Waals surface area contributed by atoms with Gasteiger partial charge in [0.2, 0.25) is 10.0 Å². The van der Waals surface area contributed by atoms with Gasteiger partial charge >= 0.3 is 0 Å². The van der Waals surface area contributed by atoms with Gasteiger partial charge in [-0.3, -0.25) is 0 Å². The van der Waals surface area contributed by atoms with Crippen molar-refractivity contribution in [2.45, 2.75) is 24.8 Å². The number of ether oxygens (including phenoxy) is 1. The lowest BCUT2D eigenvalue weighted by Gasteiger charge is -2.12. The summed E-state index contributed by atoms with van der Waals surface area (Å²) in [6, 6.07) is 3.44. The van der Waals surface area contributed by atoms with Crippen molar-refractivity contribution in [1.29, 1.82) is 0 Å². The fourth-order valence-electron chi connectivity index (χ4n) is 1.60. The minimum Gasteiger partial charge on any atom is -0.385 e. The third-order valence-electron chi connectivity index (χ3n) is 2.70. The highest BCUT2D eigenvalue weighted by atomic mass is 79.9. The second kappa shape index (κ2) is 7.35. The Kier molecular flexibility index (Phi) is 6.41. The molecule has 0 heterocycles. The molecule has 0 radical (unpaired) electrons. The minimum absolute atomic E-state index is 0.264. The Balaban J connectivity index is 2.97. The topological polar surface area (TPSA) is 81.4 Å². The summed E-state index contributed by atoms with van der Waals surface area (Å²) >= 11 is 3.36. The molecule has 0 fully saturated rings. The van der Waals surface area contributed by atoms with Gasteiger partial charge in [-0.2, -0.15) is 0 Å². The standard InChI is InChI=1S/C12H19BrN2O3S/c1-9-11(13)6-10(8-14)7-12(9)19(16,17)15-4-3-5-18-2/h6-7,15H,3-5,8,14H2,1-2H3. The summed E-state index contributed by atoms with van der Waals surface area (Å²) in [5, 5.41) is 0. The van der Waals surface area contributed by atoms with Crippen LogP contribution in [0.25, 0.3) is 0 Å². The van der Waals surface area contributed by atoms with Crippen LogP contribution >= 0.6 is 15.9 Å². The molecule has 1 rings (SSSR count). The van der Waals surface area contributed by atoms with E-state index in [1.165, 1.54) is 0 Å². The monoisotopic (exact) mass is 350 g/mol. The van der Waals surface area contributed by atoms with Crippen LogP contribution in [0.5, 0.6) is 0 Å². The van der Waals surface area contributed by atoms with Gasteiger partial charge in [0.05, 0.1) is 4.90 Å². The van der Waals surface area contributed by atoms with Crippen molar-refractivity contribution < 1.29 is 13.2 Å². The van der Waals surface area contributed by atoms with Gasteiger partial charge in [-0.1, -0.05) is 15.9 Å². The number of nitrogens with two attached hydrogens (primary N) is 1. The smallest absolute Gasteiger partial charge is 0.240 e. The molecular weight excluding hydrogens is 332 g/mol. The fraction of sp³-hybridized carbons (Fsp3) is 0.500. The predicted octanol–water partition coefficient (Wildman–Crippen LogP) is 1.53. The maximum atomic E-state index is 12.2. The van der Waals surface area contributed by atoms with Crippen LogP contribution in [0.3, 0.4) is 0 Å². The predicted molar refractivity (Wildman–Crippen MR) is 78.5 cm³/mol. The molecule has 5 nitrogen and oxygen atoms in total. The van der Waals surface area contributed by atoms with E-state index in [9.17, 15) is 8.42 Å². The van der Waals surface area contributed by atoms with E-state index in [1.54, 1.807) is 20.1 Å². The van der Waals surface area contributed by atoms with E-state index in [0.717, 1.165) is 10.0 Å². The van der Waals surface area contributed by atoms with Crippen LogP contribution in [-0.2, 0) is 21.3 Å². The highest BCUT2D eigenvalue weighted by Crippen LogP contribution is 2.25. The van der Waals surface area contributed by atoms with Crippen LogP contribution in [0.4, 0.5) is 0 Å². The molecule has 0 aliphatic carbocycles. The third kappa shape index (κ3) is 4.54. The van der Waals surface area contributed by atoms with Crippen molar-refractivity contribution in [2.75, 3.05) is 20.3 Å². The molecule has 108 valence electrons.